The highest BCUT2D eigenvalue weighted by atomic mass is 16.5. The summed E-state index contributed by atoms with van der Waals surface area (Å²) < 4.78 is 11.1. The summed E-state index contributed by atoms with van der Waals surface area (Å²) >= 11 is 0. The number of para-hydroxylation sites is 1. The summed E-state index contributed by atoms with van der Waals surface area (Å²) in [5.74, 6) is 0.540. The molecule has 116 valence electrons. The second-order valence-corrected chi connectivity index (χ2v) is 5.37. The Morgan fingerprint density at radius 2 is 2.29 bits per heavy atom. The van der Waals surface area contributed by atoms with Crippen LogP contribution in [0, 0.1) is 0 Å². The molecule has 0 bridgehead atoms. The zero-order chi connectivity index (χ0) is 15.4. The highest BCUT2D eigenvalue weighted by Crippen LogP contribution is 2.39. The standard InChI is InChI=1S/C16H24N2O3/c1-4-9-20-16(19)13(5-2)18-10-11(3)21-14-8-6-7-12(17)15(14)18/h6-8,11,13H,4-5,9-10,17H2,1-3H3. The number of benzene rings is 1. The topological polar surface area (TPSA) is 64.8 Å². The normalized spacial score (nSPS) is 18.6. The molecule has 1 aromatic carbocycles. The Morgan fingerprint density at radius 3 is 2.95 bits per heavy atom. The fraction of sp³-hybridized carbons (Fsp3) is 0.562. The molecule has 0 aliphatic carbocycles. The van der Waals surface area contributed by atoms with Gasteiger partial charge in [0.1, 0.15) is 23.6 Å². The first-order valence-electron chi connectivity index (χ1n) is 7.56. The summed E-state index contributed by atoms with van der Waals surface area (Å²) in [7, 11) is 0. The molecular weight excluding hydrogens is 268 g/mol. The maximum absolute atomic E-state index is 12.3. The van der Waals surface area contributed by atoms with Crippen molar-refractivity contribution in [2.24, 2.45) is 0 Å². The number of esters is 1. The number of anilines is 2. The van der Waals surface area contributed by atoms with Crippen molar-refractivity contribution < 1.29 is 14.3 Å². The lowest BCUT2D eigenvalue weighted by atomic mass is 10.1. The van der Waals surface area contributed by atoms with Crippen LogP contribution in [0.1, 0.15) is 33.6 Å². The molecule has 5 nitrogen and oxygen atoms in total. The van der Waals surface area contributed by atoms with Crippen LogP contribution < -0.4 is 15.4 Å². The van der Waals surface area contributed by atoms with Crippen molar-refractivity contribution in [3.8, 4) is 5.75 Å². The van der Waals surface area contributed by atoms with Crippen molar-refractivity contribution in [2.45, 2.75) is 45.8 Å². The van der Waals surface area contributed by atoms with Gasteiger partial charge in [-0.05, 0) is 31.9 Å². The third-order valence-electron chi connectivity index (χ3n) is 3.58. The second kappa shape index (κ2) is 6.70. The largest absolute Gasteiger partial charge is 0.487 e. The van der Waals surface area contributed by atoms with Crippen LogP contribution in [0.5, 0.6) is 5.75 Å². The second-order valence-electron chi connectivity index (χ2n) is 5.37. The monoisotopic (exact) mass is 292 g/mol. The van der Waals surface area contributed by atoms with E-state index in [0.29, 0.717) is 25.3 Å². The van der Waals surface area contributed by atoms with E-state index in [4.69, 9.17) is 15.2 Å². The Labute approximate surface area is 126 Å². The molecule has 0 saturated carbocycles. The Kier molecular flexibility index (Phi) is 4.94. The fourth-order valence-electron chi connectivity index (χ4n) is 2.66. The number of nitrogens with two attached hydrogens (primary N) is 1. The molecule has 0 amide bonds. The number of carbonyl (C=O) groups excluding carboxylic acids is 1. The summed E-state index contributed by atoms with van der Waals surface area (Å²) in [5.41, 5.74) is 7.52. The molecule has 1 aliphatic heterocycles. The first kappa shape index (κ1) is 15.5. The molecule has 1 aromatic rings. The molecule has 2 unspecified atom stereocenters. The third-order valence-corrected chi connectivity index (χ3v) is 3.58. The van der Waals surface area contributed by atoms with Crippen LogP contribution in [0.4, 0.5) is 11.4 Å². The number of rotatable bonds is 5. The summed E-state index contributed by atoms with van der Waals surface area (Å²) in [5, 5.41) is 0. The van der Waals surface area contributed by atoms with Gasteiger partial charge < -0.3 is 20.1 Å². The van der Waals surface area contributed by atoms with Crippen LogP contribution in [0.25, 0.3) is 0 Å². The summed E-state index contributed by atoms with van der Waals surface area (Å²) in [6.45, 7) is 7.03. The number of hydrogen-bond acceptors (Lipinski definition) is 5. The number of nitrogen functional groups attached to an aromatic ring is 1. The number of nitrogens with zero attached hydrogens (tertiary/aromatic N) is 1. The Balaban J connectivity index is 2.32. The van der Waals surface area contributed by atoms with E-state index in [1.165, 1.54) is 0 Å². The molecule has 5 heteroatoms. The number of hydrogen-bond donors (Lipinski definition) is 1. The minimum absolute atomic E-state index is 0.00678. The number of fused-ring (bicyclic) bond motifs is 1. The van der Waals surface area contributed by atoms with Gasteiger partial charge in [0.25, 0.3) is 0 Å². The lowest BCUT2D eigenvalue weighted by molar-refractivity contribution is -0.145. The molecular formula is C16H24N2O3. The summed E-state index contributed by atoms with van der Waals surface area (Å²) in [4.78, 5) is 14.3. The highest BCUT2D eigenvalue weighted by Gasteiger charge is 2.33. The fourth-order valence-corrected chi connectivity index (χ4v) is 2.66. The molecule has 21 heavy (non-hydrogen) atoms. The van der Waals surface area contributed by atoms with Gasteiger partial charge in [0, 0.05) is 0 Å². The SMILES string of the molecule is CCCOC(=O)C(CC)N1CC(C)Oc2cccc(N)c21. The van der Waals surface area contributed by atoms with Gasteiger partial charge >= 0.3 is 5.97 Å². The van der Waals surface area contributed by atoms with Crippen molar-refractivity contribution in [3.63, 3.8) is 0 Å². The van der Waals surface area contributed by atoms with Gasteiger partial charge in [0.2, 0.25) is 0 Å². The van der Waals surface area contributed by atoms with E-state index < -0.39 is 0 Å². The first-order valence-corrected chi connectivity index (χ1v) is 7.56. The highest BCUT2D eigenvalue weighted by molar-refractivity contribution is 5.85. The average molecular weight is 292 g/mol. The molecule has 1 heterocycles. The van der Waals surface area contributed by atoms with Gasteiger partial charge in [-0.25, -0.2) is 4.79 Å². The smallest absolute Gasteiger partial charge is 0.328 e. The maximum Gasteiger partial charge on any atom is 0.328 e. The van der Waals surface area contributed by atoms with E-state index in [1.807, 2.05) is 43.9 Å². The molecule has 0 spiro atoms. The molecule has 0 fully saturated rings. The predicted octanol–water partition coefficient (Wildman–Crippen LogP) is 2.59. The van der Waals surface area contributed by atoms with Crippen LogP contribution in [0.3, 0.4) is 0 Å². The van der Waals surface area contributed by atoms with E-state index in [0.717, 1.165) is 17.9 Å². The minimum Gasteiger partial charge on any atom is -0.487 e. The van der Waals surface area contributed by atoms with E-state index in [1.54, 1.807) is 0 Å². The Hall–Kier alpha value is -1.91. The van der Waals surface area contributed by atoms with E-state index in [2.05, 4.69) is 0 Å². The lowest BCUT2D eigenvalue weighted by Gasteiger charge is -2.39. The van der Waals surface area contributed by atoms with Gasteiger partial charge in [-0.2, -0.15) is 0 Å². The van der Waals surface area contributed by atoms with Crippen molar-refractivity contribution in [3.05, 3.63) is 18.2 Å². The zero-order valence-corrected chi connectivity index (χ0v) is 13.0. The van der Waals surface area contributed by atoms with Gasteiger partial charge in [-0.15, -0.1) is 0 Å². The molecule has 1 aliphatic rings. The van der Waals surface area contributed by atoms with Crippen LogP contribution in [0.15, 0.2) is 18.2 Å². The van der Waals surface area contributed by atoms with E-state index >= 15 is 0 Å². The van der Waals surface area contributed by atoms with E-state index in [-0.39, 0.29) is 18.1 Å². The quantitative estimate of drug-likeness (QED) is 0.667. The van der Waals surface area contributed by atoms with Crippen molar-refractivity contribution in [2.75, 3.05) is 23.8 Å². The van der Waals surface area contributed by atoms with Gasteiger partial charge in [-0.1, -0.05) is 19.9 Å². The molecule has 0 aromatic heterocycles. The molecule has 2 rings (SSSR count). The maximum atomic E-state index is 12.3. The van der Waals surface area contributed by atoms with Crippen molar-refractivity contribution in [1.82, 2.24) is 0 Å². The number of carbonyl (C=O) groups is 1. The molecule has 0 radical (unpaired) electrons. The van der Waals surface area contributed by atoms with Crippen molar-refractivity contribution in [1.29, 1.82) is 0 Å². The molecule has 2 N–H and O–H groups in total. The first-order chi connectivity index (χ1) is 10.1. The minimum atomic E-state index is -0.327. The predicted molar refractivity (Wildman–Crippen MR) is 83.6 cm³/mol. The molecule has 0 saturated heterocycles. The van der Waals surface area contributed by atoms with Gasteiger partial charge in [0.15, 0.2) is 0 Å². The van der Waals surface area contributed by atoms with E-state index in [9.17, 15) is 4.79 Å². The van der Waals surface area contributed by atoms with Crippen LogP contribution in [-0.2, 0) is 9.53 Å². The van der Waals surface area contributed by atoms with Crippen LogP contribution in [-0.4, -0.2) is 31.3 Å². The van der Waals surface area contributed by atoms with Crippen molar-refractivity contribution >= 4 is 17.3 Å². The third kappa shape index (κ3) is 3.23. The summed E-state index contributed by atoms with van der Waals surface area (Å²) in [6, 6.07) is 5.25. The zero-order valence-electron chi connectivity index (χ0n) is 13.0. The van der Waals surface area contributed by atoms with Crippen LogP contribution >= 0.6 is 0 Å². The molecule has 2 atom stereocenters. The average Bonchev–Trinajstić information content (AvgIpc) is 2.45. The van der Waals surface area contributed by atoms with Gasteiger partial charge in [-0.3, -0.25) is 0 Å². The summed E-state index contributed by atoms with van der Waals surface area (Å²) in [6.07, 6.45) is 1.50. The number of ether oxygens (including phenoxy) is 2. The van der Waals surface area contributed by atoms with Crippen LogP contribution in [0.2, 0.25) is 0 Å². The lowest BCUT2D eigenvalue weighted by Crippen LogP contribution is -2.49. The Bertz CT molecular complexity index is 504. The van der Waals surface area contributed by atoms with Gasteiger partial charge in [0.05, 0.1) is 18.8 Å². The Morgan fingerprint density at radius 1 is 1.52 bits per heavy atom.